The van der Waals surface area contributed by atoms with Gasteiger partial charge in [0.15, 0.2) is 23.2 Å². The largest absolute Gasteiger partial charge is 0.447 e. The molecule has 2 aromatic heterocycles. The van der Waals surface area contributed by atoms with E-state index in [-0.39, 0.29) is 12.6 Å². The predicted molar refractivity (Wildman–Crippen MR) is 119 cm³/mol. The van der Waals surface area contributed by atoms with Gasteiger partial charge in [0.1, 0.15) is 31.2 Å². The summed E-state index contributed by atoms with van der Waals surface area (Å²) in [7, 11) is 0. The molecule has 4 heterocycles. The van der Waals surface area contributed by atoms with Gasteiger partial charge in [0.2, 0.25) is 0 Å². The molecule has 34 heavy (non-hydrogen) atoms. The highest BCUT2D eigenvalue weighted by molar-refractivity contribution is 5.82. The Morgan fingerprint density at radius 2 is 2.03 bits per heavy atom. The normalized spacial score (nSPS) is 26.6. The number of carbonyl (C=O) groups excluding carboxylic acids is 1. The van der Waals surface area contributed by atoms with Crippen LogP contribution < -0.4 is 10.6 Å². The molecule has 1 aromatic carbocycles. The van der Waals surface area contributed by atoms with Gasteiger partial charge in [0.05, 0.1) is 19.0 Å². The summed E-state index contributed by atoms with van der Waals surface area (Å²) in [5.41, 5.74) is 1.88. The molecule has 0 aliphatic carbocycles. The topological polar surface area (TPSA) is 153 Å². The molecular formula is C22H26N6O6. The number of nitrogens with one attached hydrogen (secondary N) is 2. The maximum Gasteiger partial charge on any atom is 0.407 e. The van der Waals surface area contributed by atoms with Crippen molar-refractivity contribution >= 4 is 23.1 Å². The number of rotatable bonds is 7. The maximum atomic E-state index is 12.0. The lowest BCUT2D eigenvalue weighted by atomic mass is 10.1. The molecule has 2 aliphatic rings. The lowest BCUT2D eigenvalue weighted by Crippen LogP contribution is -2.35. The fraction of sp³-hybridized carbons (Fsp3) is 0.455. The number of aromatic nitrogens is 4. The number of hydrogen-bond acceptors (Lipinski definition) is 10. The van der Waals surface area contributed by atoms with Crippen LogP contribution in [0, 0.1) is 0 Å². The summed E-state index contributed by atoms with van der Waals surface area (Å²) in [6.45, 7) is 1.35. The van der Waals surface area contributed by atoms with Crippen LogP contribution in [0.3, 0.4) is 0 Å². The molecule has 0 bridgehead atoms. The molecule has 3 aromatic rings. The minimum Gasteiger partial charge on any atom is -0.447 e. The third-order valence-corrected chi connectivity index (χ3v) is 5.90. The van der Waals surface area contributed by atoms with Crippen molar-refractivity contribution in [1.82, 2.24) is 24.8 Å². The number of fused-ring (bicyclic) bond motifs is 1. The van der Waals surface area contributed by atoms with Gasteiger partial charge in [-0.15, -0.1) is 0 Å². The van der Waals surface area contributed by atoms with Gasteiger partial charge >= 0.3 is 6.09 Å². The third-order valence-electron chi connectivity index (χ3n) is 5.90. The number of amides is 1. The van der Waals surface area contributed by atoms with Crippen molar-refractivity contribution in [2.24, 2.45) is 0 Å². The molecule has 0 spiro atoms. The van der Waals surface area contributed by atoms with Crippen molar-refractivity contribution in [3.8, 4) is 0 Å². The van der Waals surface area contributed by atoms with E-state index in [1.165, 1.54) is 17.2 Å². The Morgan fingerprint density at radius 3 is 2.82 bits per heavy atom. The quantitative estimate of drug-likeness (QED) is 0.385. The molecule has 2 fully saturated rings. The van der Waals surface area contributed by atoms with Crippen molar-refractivity contribution < 1.29 is 29.2 Å². The van der Waals surface area contributed by atoms with Crippen molar-refractivity contribution in [3.63, 3.8) is 0 Å². The zero-order valence-electron chi connectivity index (χ0n) is 18.3. The summed E-state index contributed by atoms with van der Waals surface area (Å²) in [6.07, 6.45) is -1.32. The van der Waals surface area contributed by atoms with Crippen LogP contribution in [0.25, 0.3) is 11.2 Å². The maximum absolute atomic E-state index is 12.0. The van der Waals surface area contributed by atoms with E-state index in [4.69, 9.17) is 14.2 Å². The SMILES string of the molecule is O=C(NCc1ccccc1)OC[C@H]1O[C@@H](n2cnc3c(N[C@@H]4CCOC4)ncnc32)[C@H](O)[C@@H]1O. The Kier molecular flexibility index (Phi) is 6.54. The van der Waals surface area contributed by atoms with Crippen LogP contribution in [-0.4, -0.2) is 80.0 Å². The average molecular weight is 470 g/mol. The molecule has 0 radical (unpaired) electrons. The van der Waals surface area contributed by atoms with Crippen molar-refractivity contribution in [3.05, 3.63) is 48.5 Å². The Bertz CT molecular complexity index is 1120. The van der Waals surface area contributed by atoms with E-state index in [0.717, 1.165) is 12.0 Å². The van der Waals surface area contributed by atoms with Crippen LogP contribution in [0.1, 0.15) is 18.2 Å². The highest BCUT2D eigenvalue weighted by Crippen LogP contribution is 2.32. The number of carbonyl (C=O) groups is 1. The van der Waals surface area contributed by atoms with E-state index in [1.807, 2.05) is 30.3 Å². The van der Waals surface area contributed by atoms with Gasteiger partial charge in [-0.2, -0.15) is 0 Å². The lowest BCUT2D eigenvalue weighted by Gasteiger charge is -2.17. The second-order valence-corrected chi connectivity index (χ2v) is 8.24. The number of benzene rings is 1. The smallest absolute Gasteiger partial charge is 0.407 e. The van der Waals surface area contributed by atoms with E-state index in [1.54, 1.807) is 0 Å². The molecule has 5 atom stereocenters. The molecule has 12 heteroatoms. The van der Waals surface area contributed by atoms with Gasteiger partial charge in [-0.25, -0.2) is 19.7 Å². The highest BCUT2D eigenvalue weighted by atomic mass is 16.6. The number of hydrogen-bond donors (Lipinski definition) is 4. The molecule has 5 rings (SSSR count). The Hall–Kier alpha value is -3.32. The van der Waals surface area contributed by atoms with Crippen LogP contribution in [0.5, 0.6) is 0 Å². The molecule has 4 N–H and O–H groups in total. The van der Waals surface area contributed by atoms with E-state index < -0.39 is 30.6 Å². The third kappa shape index (κ3) is 4.66. The first-order valence-corrected chi connectivity index (χ1v) is 11.1. The Balaban J connectivity index is 1.22. The van der Waals surface area contributed by atoms with Crippen LogP contribution in [0.2, 0.25) is 0 Å². The van der Waals surface area contributed by atoms with Crippen molar-refractivity contribution in [1.29, 1.82) is 0 Å². The fourth-order valence-corrected chi connectivity index (χ4v) is 4.06. The minimum atomic E-state index is -1.27. The summed E-state index contributed by atoms with van der Waals surface area (Å²) in [6, 6.07) is 9.53. The van der Waals surface area contributed by atoms with Gasteiger partial charge in [-0.3, -0.25) is 4.57 Å². The molecule has 12 nitrogen and oxygen atoms in total. The van der Waals surface area contributed by atoms with Crippen LogP contribution >= 0.6 is 0 Å². The molecule has 2 aliphatic heterocycles. The first-order chi connectivity index (χ1) is 16.6. The zero-order chi connectivity index (χ0) is 23.5. The minimum absolute atomic E-state index is 0.132. The second kappa shape index (κ2) is 9.89. The van der Waals surface area contributed by atoms with Gasteiger partial charge in [-0.05, 0) is 12.0 Å². The predicted octanol–water partition coefficient (Wildman–Crippen LogP) is 0.573. The van der Waals surface area contributed by atoms with Gasteiger partial charge in [0.25, 0.3) is 0 Å². The summed E-state index contributed by atoms with van der Waals surface area (Å²) in [4.78, 5) is 25.0. The lowest BCUT2D eigenvalue weighted by molar-refractivity contribution is -0.0533. The number of nitrogens with zero attached hydrogens (tertiary/aromatic N) is 4. The summed E-state index contributed by atoms with van der Waals surface area (Å²) in [5.74, 6) is 0.558. The van der Waals surface area contributed by atoms with Crippen LogP contribution in [0.15, 0.2) is 43.0 Å². The summed E-state index contributed by atoms with van der Waals surface area (Å²) >= 11 is 0. The van der Waals surface area contributed by atoms with E-state index >= 15 is 0 Å². The molecule has 2 saturated heterocycles. The first-order valence-electron chi connectivity index (χ1n) is 11.1. The number of imidazole rings is 1. The molecular weight excluding hydrogens is 444 g/mol. The Morgan fingerprint density at radius 1 is 1.18 bits per heavy atom. The Labute approximate surface area is 194 Å². The fourth-order valence-electron chi connectivity index (χ4n) is 4.06. The highest BCUT2D eigenvalue weighted by Gasteiger charge is 2.45. The van der Waals surface area contributed by atoms with Gasteiger partial charge in [-0.1, -0.05) is 30.3 Å². The van der Waals surface area contributed by atoms with Crippen LogP contribution in [0.4, 0.5) is 10.6 Å². The summed E-state index contributed by atoms with van der Waals surface area (Å²) < 4.78 is 18.0. The average Bonchev–Trinajstić information content (AvgIpc) is 3.59. The van der Waals surface area contributed by atoms with Gasteiger partial charge < -0.3 is 35.1 Å². The molecule has 1 amide bonds. The van der Waals surface area contributed by atoms with E-state index in [9.17, 15) is 15.0 Å². The number of alkyl carbamates (subject to hydrolysis) is 1. The molecule has 0 saturated carbocycles. The number of anilines is 1. The number of ether oxygens (including phenoxy) is 3. The first kappa shape index (κ1) is 22.5. The molecule has 0 unspecified atom stereocenters. The van der Waals surface area contributed by atoms with E-state index in [0.29, 0.717) is 36.7 Å². The van der Waals surface area contributed by atoms with Crippen LogP contribution in [-0.2, 0) is 20.8 Å². The molecule has 180 valence electrons. The standard InChI is InChI=1S/C22H26N6O6/c29-17-15(10-33-22(31)23-8-13-4-2-1-3-5-13)34-21(18(17)30)28-12-26-16-19(24-11-25-20(16)28)27-14-6-7-32-9-14/h1-5,11-12,14-15,17-18,21,29-30H,6-10H2,(H,23,31)(H,24,25,27)/t14-,15-,17-,18-,21-/m1/s1. The van der Waals surface area contributed by atoms with E-state index in [2.05, 4.69) is 25.6 Å². The summed E-state index contributed by atoms with van der Waals surface area (Å²) in [5, 5.41) is 27.0. The van der Waals surface area contributed by atoms with Crippen molar-refractivity contribution in [2.45, 2.75) is 43.5 Å². The number of aliphatic hydroxyl groups is 2. The second-order valence-electron chi connectivity index (χ2n) is 8.24. The number of aliphatic hydroxyl groups excluding tert-OH is 2. The van der Waals surface area contributed by atoms with Crippen molar-refractivity contribution in [2.75, 3.05) is 25.1 Å². The van der Waals surface area contributed by atoms with Gasteiger partial charge in [0, 0.05) is 13.2 Å². The monoisotopic (exact) mass is 470 g/mol. The zero-order valence-corrected chi connectivity index (χ0v) is 18.3.